The first-order valence-electron chi connectivity index (χ1n) is 11.1. The Bertz CT molecular complexity index is 1500. The van der Waals surface area contributed by atoms with Crippen LogP contribution in [0.25, 0.3) is 5.65 Å². The van der Waals surface area contributed by atoms with Crippen LogP contribution in [0.15, 0.2) is 79.4 Å². The Hall–Kier alpha value is -4.50. The Morgan fingerprint density at radius 3 is 2.53 bits per heavy atom. The minimum Gasteiger partial charge on any atom is -0.497 e. The highest BCUT2D eigenvalue weighted by atomic mass is 35.5. The van der Waals surface area contributed by atoms with Crippen molar-refractivity contribution in [3.05, 3.63) is 101 Å². The van der Waals surface area contributed by atoms with E-state index >= 15 is 0 Å². The van der Waals surface area contributed by atoms with Crippen LogP contribution in [0.5, 0.6) is 5.75 Å². The molecular formula is C26H22ClN7O2. The fourth-order valence-electron chi connectivity index (χ4n) is 3.73. The van der Waals surface area contributed by atoms with Gasteiger partial charge in [-0.2, -0.15) is 5.10 Å². The monoisotopic (exact) mass is 499 g/mol. The van der Waals surface area contributed by atoms with E-state index in [-0.39, 0.29) is 16.8 Å². The Labute approximate surface area is 212 Å². The number of rotatable bonds is 7. The third-order valence-electron chi connectivity index (χ3n) is 5.55. The minimum atomic E-state index is -0.371. The number of pyridine rings is 2. The third kappa shape index (κ3) is 4.82. The van der Waals surface area contributed by atoms with Crippen molar-refractivity contribution in [3.63, 3.8) is 0 Å². The molecule has 0 saturated carbocycles. The number of nitrogens with zero attached hydrogens (tertiary/aromatic N) is 6. The van der Waals surface area contributed by atoms with Gasteiger partial charge in [0, 0.05) is 36.9 Å². The van der Waals surface area contributed by atoms with Crippen molar-refractivity contribution in [3.8, 4) is 5.75 Å². The number of carbonyl (C=O) groups excluding carboxylic acids is 1. The van der Waals surface area contributed by atoms with Crippen molar-refractivity contribution in [2.24, 2.45) is 0 Å². The number of ether oxygens (including phenoxy) is 1. The summed E-state index contributed by atoms with van der Waals surface area (Å²) >= 11 is 6.45. The van der Waals surface area contributed by atoms with E-state index < -0.39 is 0 Å². The van der Waals surface area contributed by atoms with Crippen LogP contribution in [0.3, 0.4) is 0 Å². The number of nitrogens with one attached hydrogen (secondary N) is 1. The second-order valence-corrected chi connectivity index (χ2v) is 8.44. The molecule has 0 saturated heterocycles. The molecule has 0 aliphatic heterocycles. The molecule has 9 nitrogen and oxygen atoms in total. The van der Waals surface area contributed by atoms with Crippen LogP contribution in [0.2, 0.25) is 5.15 Å². The summed E-state index contributed by atoms with van der Waals surface area (Å²) in [7, 11) is 1.63. The van der Waals surface area contributed by atoms with Crippen molar-refractivity contribution in [2.45, 2.75) is 13.5 Å². The average molecular weight is 500 g/mol. The summed E-state index contributed by atoms with van der Waals surface area (Å²) in [6.07, 6.45) is 6.48. The summed E-state index contributed by atoms with van der Waals surface area (Å²) in [5.74, 6) is 1.10. The summed E-state index contributed by atoms with van der Waals surface area (Å²) in [6, 6.07) is 16.8. The molecule has 0 aliphatic carbocycles. The van der Waals surface area contributed by atoms with Gasteiger partial charge in [0.1, 0.15) is 11.6 Å². The van der Waals surface area contributed by atoms with Crippen molar-refractivity contribution in [1.29, 1.82) is 0 Å². The van der Waals surface area contributed by atoms with Gasteiger partial charge in [-0.15, -0.1) is 0 Å². The molecular weight excluding hydrogens is 478 g/mol. The maximum absolute atomic E-state index is 13.0. The van der Waals surface area contributed by atoms with E-state index in [1.54, 1.807) is 43.9 Å². The number of hydrogen-bond donors (Lipinski definition) is 1. The first-order valence-corrected chi connectivity index (χ1v) is 11.5. The van der Waals surface area contributed by atoms with Gasteiger partial charge in [-0.25, -0.2) is 14.5 Å². The number of hydrogen-bond acceptors (Lipinski definition) is 7. The second-order valence-electron chi connectivity index (χ2n) is 8.05. The maximum Gasteiger partial charge on any atom is 0.276 e. The molecule has 0 fully saturated rings. The second kappa shape index (κ2) is 10.0. The summed E-state index contributed by atoms with van der Waals surface area (Å²) in [4.78, 5) is 28.2. The lowest BCUT2D eigenvalue weighted by atomic mass is 10.2. The van der Waals surface area contributed by atoms with Gasteiger partial charge in [0.05, 0.1) is 19.0 Å². The fraction of sp³-hybridized carbons (Fsp3) is 0.115. The molecule has 0 aliphatic rings. The molecule has 180 valence electrons. The van der Waals surface area contributed by atoms with Gasteiger partial charge >= 0.3 is 0 Å². The number of halogens is 1. The molecule has 0 spiro atoms. The van der Waals surface area contributed by atoms with E-state index in [2.05, 4.69) is 25.4 Å². The number of benzene rings is 1. The van der Waals surface area contributed by atoms with Gasteiger partial charge in [0.15, 0.2) is 16.5 Å². The van der Waals surface area contributed by atoms with Crippen LogP contribution in [0, 0.1) is 6.92 Å². The summed E-state index contributed by atoms with van der Waals surface area (Å²) in [5.41, 5.74) is 4.03. The first-order chi connectivity index (χ1) is 17.5. The van der Waals surface area contributed by atoms with Crippen molar-refractivity contribution >= 4 is 40.3 Å². The SMILES string of the molecule is COc1ccc(CN(c2ccc(C)cn2)c2cc(Cl)nn3c(C(=O)Nc4ccncc4)cnc23)cc1. The Morgan fingerprint density at radius 1 is 1.06 bits per heavy atom. The predicted molar refractivity (Wildman–Crippen MR) is 138 cm³/mol. The Kier molecular flexibility index (Phi) is 6.46. The molecule has 36 heavy (non-hydrogen) atoms. The summed E-state index contributed by atoms with van der Waals surface area (Å²) < 4.78 is 6.74. The number of aryl methyl sites for hydroxylation is 1. The average Bonchev–Trinajstić information content (AvgIpc) is 3.32. The molecule has 0 unspecified atom stereocenters. The number of methoxy groups -OCH3 is 1. The highest BCUT2D eigenvalue weighted by molar-refractivity contribution is 6.29. The van der Waals surface area contributed by atoms with Crippen LogP contribution in [0.1, 0.15) is 21.6 Å². The first kappa shape index (κ1) is 23.3. The molecule has 1 amide bonds. The molecule has 1 aromatic carbocycles. The minimum absolute atomic E-state index is 0.209. The molecule has 0 radical (unpaired) electrons. The van der Waals surface area contributed by atoms with E-state index in [1.807, 2.05) is 48.2 Å². The zero-order valence-corrected chi connectivity index (χ0v) is 20.3. The molecule has 4 heterocycles. The summed E-state index contributed by atoms with van der Waals surface area (Å²) in [6.45, 7) is 2.45. The van der Waals surface area contributed by atoms with Crippen LogP contribution >= 0.6 is 11.6 Å². The normalized spacial score (nSPS) is 10.9. The van der Waals surface area contributed by atoms with Crippen LogP contribution in [0.4, 0.5) is 17.2 Å². The van der Waals surface area contributed by atoms with E-state index in [1.165, 1.54) is 10.7 Å². The van der Waals surface area contributed by atoms with Crippen molar-refractivity contribution < 1.29 is 9.53 Å². The van der Waals surface area contributed by atoms with Gasteiger partial charge in [0.25, 0.3) is 5.91 Å². The zero-order chi connectivity index (χ0) is 25.1. The topological polar surface area (TPSA) is 97.5 Å². The number of fused-ring (bicyclic) bond motifs is 1. The van der Waals surface area contributed by atoms with Crippen molar-refractivity contribution in [2.75, 3.05) is 17.3 Å². The molecule has 0 atom stereocenters. The number of anilines is 3. The number of carbonyl (C=O) groups is 1. The van der Waals surface area contributed by atoms with Gasteiger partial charge in [0.2, 0.25) is 0 Å². The Morgan fingerprint density at radius 2 is 1.83 bits per heavy atom. The maximum atomic E-state index is 13.0. The van der Waals surface area contributed by atoms with Gasteiger partial charge < -0.3 is 15.0 Å². The lowest BCUT2D eigenvalue weighted by molar-refractivity contribution is 0.102. The molecule has 10 heteroatoms. The van der Waals surface area contributed by atoms with Gasteiger partial charge in [-0.3, -0.25) is 9.78 Å². The van der Waals surface area contributed by atoms with Crippen LogP contribution < -0.4 is 15.0 Å². The zero-order valence-electron chi connectivity index (χ0n) is 19.6. The number of aromatic nitrogens is 5. The predicted octanol–water partition coefficient (Wildman–Crippen LogP) is 5.08. The molecule has 5 rings (SSSR count). The number of amides is 1. The fourth-order valence-corrected chi connectivity index (χ4v) is 3.91. The van der Waals surface area contributed by atoms with E-state index in [0.29, 0.717) is 29.4 Å². The molecule has 1 N–H and O–H groups in total. The van der Waals surface area contributed by atoms with Gasteiger partial charge in [-0.1, -0.05) is 29.8 Å². The van der Waals surface area contributed by atoms with E-state index in [4.69, 9.17) is 16.3 Å². The highest BCUT2D eigenvalue weighted by Crippen LogP contribution is 2.32. The smallest absolute Gasteiger partial charge is 0.276 e. The lowest BCUT2D eigenvalue weighted by Crippen LogP contribution is -2.20. The van der Waals surface area contributed by atoms with Crippen LogP contribution in [-0.2, 0) is 6.54 Å². The van der Waals surface area contributed by atoms with E-state index in [0.717, 1.165) is 16.9 Å². The lowest BCUT2D eigenvalue weighted by Gasteiger charge is -2.24. The van der Waals surface area contributed by atoms with Crippen LogP contribution in [-0.4, -0.2) is 37.6 Å². The van der Waals surface area contributed by atoms with Gasteiger partial charge in [-0.05, 0) is 48.4 Å². The largest absolute Gasteiger partial charge is 0.497 e. The van der Waals surface area contributed by atoms with E-state index in [9.17, 15) is 4.79 Å². The molecule has 5 aromatic rings. The standard InChI is InChI=1S/C26H22ClN7O2/c1-17-3-8-24(29-14-17)33(16-18-4-6-20(36-2)7-5-18)21-13-23(27)32-34-22(15-30-25(21)34)26(35)31-19-9-11-28-12-10-19/h3-15H,16H2,1-2H3,(H,28,31,35). The quantitative estimate of drug-likeness (QED) is 0.333. The highest BCUT2D eigenvalue weighted by Gasteiger charge is 2.22. The summed E-state index contributed by atoms with van der Waals surface area (Å²) in [5, 5.41) is 7.40. The molecule has 0 bridgehead atoms. The molecule has 4 aromatic heterocycles. The number of imidazole rings is 1. The van der Waals surface area contributed by atoms with Crippen molar-refractivity contribution in [1.82, 2.24) is 24.6 Å². The third-order valence-corrected chi connectivity index (χ3v) is 5.74. The Balaban J connectivity index is 1.58.